The molecule has 2 aromatic carbocycles. The maximum atomic E-state index is 12.9. The van der Waals surface area contributed by atoms with E-state index < -0.39 is 21.6 Å². The van der Waals surface area contributed by atoms with Crippen LogP contribution in [0.5, 0.6) is 0 Å². The predicted octanol–water partition coefficient (Wildman–Crippen LogP) is 3.11. The summed E-state index contributed by atoms with van der Waals surface area (Å²) in [7, 11) is -3.40. The fourth-order valence-corrected chi connectivity index (χ4v) is 3.90. The minimum atomic E-state index is -4.38. The van der Waals surface area contributed by atoms with Crippen molar-refractivity contribution in [1.82, 2.24) is 4.90 Å². The van der Waals surface area contributed by atoms with E-state index in [1.807, 2.05) is 9.80 Å². The minimum absolute atomic E-state index is 0.0951. The van der Waals surface area contributed by atoms with Crippen molar-refractivity contribution < 1.29 is 26.4 Å². The summed E-state index contributed by atoms with van der Waals surface area (Å²) in [6.07, 6.45) is -3.30. The fourth-order valence-electron chi connectivity index (χ4n) is 3.24. The van der Waals surface area contributed by atoms with Crippen molar-refractivity contribution in [3.05, 3.63) is 59.7 Å². The van der Waals surface area contributed by atoms with Gasteiger partial charge in [0.15, 0.2) is 15.6 Å². The second-order valence-electron chi connectivity index (χ2n) is 7.03. The van der Waals surface area contributed by atoms with Gasteiger partial charge in [0.25, 0.3) is 0 Å². The molecule has 0 N–H and O–H groups in total. The zero-order valence-electron chi connectivity index (χ0n) is 15.8. The van der Waals surface area contributed by atoms with Crippen LogP contribution in [0.1, 0.15) is 15.9 Å². The highest BCUT2D eigenvalue weighted by molar-refractivity contribution is 7.90. The molecule has 0 radical (unpaired) electrons. The van der Waals surface area contributed by atoms with E-state index in [0.29, 0.717) is 37.4 Å². The number of hydrogen-bond acceptors (Lipinski definition) is 5. The van der Waals surface area contributed by atoms with Crippen LogP contribution in [0.2, 0.25) is 0 Å². The number of carbonyl (C=O) groups is 1. The molecule has 0 bridgehead atoms. The molecule has 0 aromatic heterocycles. The number of nitrogens with zero attached hydrogens (tertiary/aromatic N) is 2. The first-order valence-corrected chi connectivity index (χ1v) is 10.9. The highest BCUT2D eigenvalue weighted by atomic mass is 32.2. The lowest BCUT2D eigenvalue weighted by Gasteiger charge is -2.36. The molecule has 0 amide bonds. The Morgan fingerprint density at radius 2 is 1.66 bits per heavy atom. The summed E-state index contributed by atoms with van der Waals surface area (Å²) < 4.78 is 62.0. The summed E-state index contributed by atoms with van der Waals surface area (Å²) in [6.45, 7) is 2.17. The normalized spacial score (nSPS) is 16.1. The van der Waals surface area contributed by atoms with E-state index in [4.69, 9.17) is 0 Å². The zero-order chi connectivity index (χ0) is 21.2. The summed E-state index contributed by atoms with van der Waals surface area (Å²) in [5.41, 5.74) is 0.151. The third kappa shape index (κ3) is 5.36. The van der Waals surface area contributed by atoms with Gasteiger partial charge in [-0.1, -0.05) is 18.2 Å². The molecule has 2 aromatic rings. The monoisotopic (exact) mass is 426 g/mol. The van der Waals surface area contributed by atoms with Gasteiger partial charge in [0.2, 0.25) is 0 Å². The molecule has 0 spiro atoms. The second kappa shape index (κ2) is 8.16. The Morgan fingerprint density at radius 3 is 2.28 bits per heavy atom. The highest BCUT2D eigenvalue weighted by Gasteiger charge is 2.31. The zero-order valence-corrected chi connectivity index (χ0v) is 16.6. The molecular weight excluding hydrogens is 405 g/mol. The predicted molar refractivity (Wildman–Crippen MR) is 104 cm³/mol. The number of Topliss-reactive ketones (excluding diaryl/α,β-unsaturated/α-hetero) is 1. The van der Waals surface area contributed by atoms with Crippen molar-refractivity contribution in [2.45, 2.75) is 11.1 Å². The van der Waals surface area contributed by atoms with Gasteiger partial charge in [-0.25, -0.2) is 8.42 Å². The molecule has 9 heteroatoms. The molecule has 5 nitrogen and oxygen atoms in total. The fraction of sp³-hybridized carbons (Fsp3) is 0.350. The molecule has 0 saturated carbocycles. The lowest BCUT2D eigenvalue weighted by molar-refractivity contribution is -0.137. The lowest BCUT2D eigenvalue weighted by Crippen LogP contribution is -2.48. The van der Waals surface area contributed by atoms with Crippen molar-refractivity contribution >= 4 is 21.3 Å². The highest BCUT2D eigenvalue weighted by Crippen LogP contribution is 2.31. The number of anilines is 1. The summed E-state index contributed by atoms with van der Waals surface area (Å²) in [6, 6.07) is 11.2. The van der Waals surface area contributed by atoms with E-state index >= 15 is 0 Å². The Bertz CT molecular complexity index is 998. The summed E-state index contributed by atoms with van der Waals surface area (Å²) in [5, 5.41) is 0. The average Bonchev–Trinajstić information content (AvgIpc) is 2.67. The van der Waals surface area contributed by atoms with Crippen molar-refractivity contribution in [2.24, 2.45) is 0 Å². The average molecular weight is 426 g/mol. The smallest absolute Gasteiger partial charge is 0.369 e. The van der Waals surface area contributed by atoms with Crippen molar-refractivity contribution in [2.75, 3.05) is 43.9 Å². The molecule has 1 aliphatic heterocycles. The Kier molecular flexibility index (Phi) is 6.00. The van der Waals surface area contributed by atoms with Crippen molar-refractivity contribution in [3.63, 3.8) is 0 Å². The molecular formula is C20H21F3N2O3S. The van der Waals surface area contributed by atoms with Crippen LogP contribution in [-0.4, -0.2) is 58.1 Å². The van der Waals surface area contributed by atoms with E-state index in [1.54, 1.807) is 12.1 Å². The third-order valence-electron chi connectivity index (χ3n) is 4.86. The molecule has 1 saturated heterocycles. The van der Waals surface area contributed by atoms with Crippen LogP contribution >= 0.6 is 0 Å². The molecule has 1 aliphatic rings. The topological polar surface area (TPSA) is 57.7 Å². The molecule has 1 heterocycles. The number of ketones is 1. The maximum absolute atomic E-state index is 12.9. The van der Waals surface area contributed by atoms with Gasteiger partial charge in [0, 0.05) is 43.7 Å². The van der Waals surface area contributed by atoms with Crippen LogP contribution in [0, 0.1) is 0 Å². The number of carbonyl (C=O) groups excluding carboxylic acids is 1. The molecule has 29 heavy (non-hydrogen) atoms. The van der Waals surface area contributed by atoms with Crippen LogP contribution in [0.4, 0.5) is 18.9 Å². The van der Waals surface area contributed by atoms with Crippen LogP contribution in [0.25, 0.3) is 0 Å². The number of alkyl halides is 3. The summed E-state index contributed by atoms with van der Waals surface area (Å²) >= 11 is 0. The van der Waals surface area contributed by atoms with E-state index in [1.165, 1.54) is 24.3 Å². The number of piperazine rings is 1. The first kappa shape index (κ1) is 21.3. The van der Waals surface area contributed by atoms with Crippen LogP contribution in [0.3, 0.4) is 0 Å². The molecule has 0 atom stereocenters. The number of rotatable bonds is 5. The number of sulfone groups is 1. The maximum Gasteiger partial charge on any atom is 0.416 e. The Balaban J connectivity index is 1.61. The number of benzene rings is 2. The number of halogens is 3. The van der Waals surface area contributed by atoms with E-state index in [-0.39, 0.29) is 17.2 Å². The molecule has 0 unspecified atom stereocenters. The first-order valence-electron chi connectivity index (χ1n) is 9.02. The van der Waals surface area contributed by atoms with Gasteiger partial charge in [-0.05, 0) is 30.3 Å². The van der Waals surface area contributed by atoms with E-state index in [9.17, 15) is 26.4 Å². The lowest BCUT2D eigenvalue weighted by atomic mass is 10.1. The molecule has 0 aliphatic carbocycles. The van der Waals surface area contributed by atoms with E-state index in [2.05, 4.69) is 0 Å². The molecule has 156 valence electrons. The summed E-state index contributed by atoms with van der Waals surface area (Å²) in [4.78, 5) is 16.4. The van der Waals surface area contributed by atoms with Gasteiger partial charge in [-0.15, -0.1) is 0 Å². The number of hydrogen-bond donors (Lipinski definition) is 0. The van der Waals surface area contributed by atoms with Crippen LogP contribution in [-0.2, 0) is 16.0 Å². The first-order chi connectivity index (χ1) is 13.5. The Labute approximate surface area is 167 Å². The van der Waals surface area contributed by atoms with Gasteiger partial charge in [0.05, 0.1) is 17.0 Å². The van der Waals surface area contributed by atoms with E-state index in [0.717, 1.165) is 18.4 Å². The Hall–Kier alpha value is -2.39. The van der Waals surface area contributed by atoms with Gasteiger partial charge < -0.3 is 4.90 Å². The SMILES string of the molecule is CS(=O)(=O)c1cccc(C(=O)CN2CCN(c3cccc(C(F)(F)F)c3)CC2)c1. The standard InChI is InChI=1S/C20H21F3N2O3S/c1-29(27,28)18-7-2-4-15(12-18)19(26)14-24-8-10-25(11-9-24)17-6-3-5-16(13-17)20(21,22)23/h2-7,12-13H,8-11,14H2,1H3. The third-order valence-corrected chi connectivity index (χ3v) is 5.97. The van der Waals surface area contributed by atoms with Gasteiger partial charge in [-0.2, -0.15) is 13.2 Å². The van der Waals surface area contributed by atoms with Gasteiger partial charge in [-0.3, -0.25) is 9.69 Å². The summed E-state index contributed by atoms with van der Waals surface area (Å²) in [5.74, 6) is -0.192. The van der Waals surface area contributed by atoms with Crippen molar-refractivity contribution in [1.29, 1.82) is 0 Å². The Morgan fingerprint density at radius 1 is 1.00 bits per heavy atom. The van der Waals surface area contributed by atoms with Gasteiger partial charge in [0.1, 0.15) is 0 Å². The van der Waals surface area contributed by atoms with Crippen molar-refractivity contribution in [3.8, 4) is 0 Å². The molecule has 1 fully saturated rings. The quantitative estimate of drug-likeness (QED) is 0.688. The molecule has 3 rings (SSSR count). The second-order valence-corrected chi connectivity index (χ2v) is 9.05. The van der Waals surface area contributed by atoms with Crippen LogP contribution < -0.4 is 4.90 Å². The van der Waals surface area contributed by atoms with Crippen LogP contribution in [0.15, 0.2) is 53.4 Å². The minimum Gasteiger partial charge on any atom is -0.369 e. The van der Waals surface area contributed by atoms with Gasteiger partial charge >= 0.3 is 6.18 Å². The largest absolute Gasteiger partial charge is 0.416 e.